The van der Waals surface area contributed by atoms with E-state index in [0.717, 1.165) is 5.56 Å². The fourth-order valence-electron chi connectivity index (χ4n) is 5.22. The molecular weight excluding hydrogens is 440 g/mol. The van der Waals surface area contributed by atoms with Crippen LogP contribution >= 0.6 is 0 Å². The highest BCUT2D eigenvalue weighted by molar-refractivity contribution is 5.90. The summed E-state index contributed by atoms with van der Waals surface area (Å²) in [7, 11) is 0. The van der Waals surface area contributed by atoms with Crippen molar-refractivity contribution in [3.8, 4) is 0 Å². The number of aliphatic imine (C=N–C) groups is 1. The molecule has 3 heterocycles. The Bertz CT molecular complexity index is 1180. The third-order valence-corrected chi connectivity index (χ3v) is 6.76. The lowest BCUT2D eigenvalue weighted by Gasteiger charge is -2.43. The summed E-state index contributed by atoms with van der Waals surface area (Å²) in [4.78, 5) is 17.4. The van der Waals surface area contributed by atoms with Crippen molar-refractivity contribution in [2.75, 3.05) is 6.61 Å². The number of aliphatic hydroxyl groups excluding tert-OH is 1. The highest BCUT2D eigenvalue weighted by Crippen LogP contribution is 2.50. The van der Waals surface area contributed by atoms with Crippen LogP contribution in [-0.4, -0.2) is 74.0 Å². The fourth-order valence-corrected chi connectivity index (χ4v) is 5.22. The van der Waals surface area contributed by atoms with Crippen LogP contribution in [0, 0.1) is 6.92 Å². The Morgan fingerprint density at radius 1 is 1.15 bits per heavy atom. The maximum absolute atomic E-state index is 13.1. The first-order chi connectivity index (χ1) is 16.2. The first kappa shape index (κ1) is 22.1. The van der Waals surface area contributed by atoms with Gasteiger partial charge in [-0.25, -0.2) is 14.4 Å². The van der Waals surface area contributed by atoms with Gasteiger partial charge in [-0.15, -0.1) is 0 Å². The minimum atomic E-state index is -2.72. The van der Waals surface area contributed by atoms with Crippen LogP contribution < -0.4 is 22.1 Å². The van der Waals surface area contributed by atoms with E-state index >= 15 is 0 Å². The molecule has 0 aliphatic carbocycles. The Labute approximate surface area is 195 Å². The summed E-state index contributed by atoms with van der Waals surface area (Å²) in [5.74, 6) is -3.47. The normalized spacial score (nSPS) is 31.1. The van der Waals surface area contributed by atoms with Gasteiger partial charge in [0.1, 0.15) is 12.1 Å². The number of nitrogens with zero attached hydrogens (tertiary/aromatic N) is 2. The molecule has 1 fully saturated rings. The Morgan fingerprint density at radius 3 is 2.47 bits per heavy atom. The third kappa shape index (κ3) is 2.98. The van der Waals surface area contributed by atoms with Gasteiger partial charge in [-0.05, 0) is 24.6 Å². The molecule has 3 aliphatic heterocycles. The van der Waals surface area contributed by atoms with Gasteiger partial charge >= 0.3 is 11.9 Å². The molecule has 2 aromatic rings. The molecule has 1 saturated heterocycles. The number of aliphatic hydroxyl groups is 3. The van der Waals surface area contributed by atoms with Crippen molar-refractivity contribution >= 4 is 17.9 Å². The Balaban J connectivity index is 1.67. The average molecular weight is 468 g/mol. The summed E-state index contributed by atoms with van der Waals surface area (Å²) in [6, 6.07) is 13.0. The van der Waals surface area contributed by atoms with Crippen molar-refractivity contribution in [1.82, 2.24) is 10.6 Å². The van der Waals surface area contributed by atoms with Gasteiger partial charge in [0, 0.05) is 0 Å². The zero-order chi connectivity index (χ0) is 24.3. The molecule has 34 heavy (non-hydrogen) atoms. The van der Waals surface area contributed by atoms with Gasteiger partial charge in [0.2, 0.25) is 5.66 Å². The van der Waals surface area contributed by atoms with Gasteiger partial charge < -0.3 is 31.1 Å². The van der Waals surface area contributed by atoms with Crippen molar-refractivity contribution < 1.29 is 29.4 Å². The highest BCUT2D eigenvalue weighted by Gasteiger charge is 2.79. The van der Waals surface area contributed by atoms with E-state index in [1.54, 1.807) is 48.5 Å². The zero-order valence-electron chi connectivity index (χ0n) is 18.4. The maximum Gasteiger partial charge on any atom is 0.346 e. The van der Waals surface area contributed by atoms with Crippen molar-refractivity contribution in [2.24, 2.45) is 16.5 Å². The molecule has 3 aliphatic rings. The molecule has 2 unspecified atom stereocenters. The predicted octanol–water partition coefficient (Wildman–Crippen LogP) is -1.77. The van der Waals surface area contributed by atoms with Gasteiger partial charge in [-0.3, -0.25) is 11.1 Å². The lowest BCUT2D eigenvalue weighted by molar-refractivity contribution is -0.654. The van der Waals surface area contributed by atoms with Gasteiger partial charge in [-0.2, -0.15) is 0 Å². The van der Waals surface area contributed by atoms with Gasteiger partial charge in [-0.1, -0.05) is 48.0 Å². The molecule has 5 atom stereocenters. The molecule has 0 amide bonds. The van der Waals surface area contributed by atoms with Crippen molar-refractivity contribution in [2.45, 2.75) is 42.6 Å². The largest absolute Gasteiger partial charge is 0.449 e. The van der Waals surface area contributed by atoms with Gasteiger partial charge in [0.05, 0.1) is 12.2 Å². The smallest absolute Gasteiger partial charge is 0.346 e. The van der Waals surface area contributed by atoms with E-state index in [0.29, 0.717) is 5.56 Å². The topological polar surface area (TPSA) is 178 Å². The van der Waals surface area contributed by atoms with E-state index in [-0.39, 0.29) is 17.5 Å². The number of rotatable bonds is 4. The van der Waals surface area contributed by atoms with Crippen LogP contribution in [0.15, 0.2) is 59.6 Å². The van der Waals surface area contributed by atoms with Crippen LogP contribution in [0.1, 0.15) is 27.5 Å². The molecule has 9 N–H and O–H groups in total. The molecule has 178 valence electrons. The standard InChI is InChI=1S/C23H26N6O5/c1-12-7-9-14(10-8-12)19(31)34-18-16(13-5-3-2-4-6-13)29-21(25)26-15(11-30)17-22(29,23(18,32)33)28-20(24)27-17/h2-10,15-18,30,32-33H,11H2,1H3,(H5,24,25,26,27,28)/p+1/t15-,16-,17?,18-,22?/m0/s1. The number of ether oxygens (including phenoxy) is 1. The average Bonchev–Trinajstić information content (AvgIpc) is 3.27. The quantitative estimate of drug-likeness (QED) is 0.156. The molecule has 0 aromatic heterocycles. The second-order valence-electron chi connectivity index (χ2n) is 8.81. The molecule has 0 bridgehead atoms. The maximum atomic E-state index is 13.1. The molecular formula is C23H27N6O5+. The number of guanidine groups is 2. The molecule has 11 heteroatoms. The summed E-state index contributed by atoms with van der Waals surface area (Å²) >= 11 is 0. The van der Waals surface area contributed by atoms with E-state index in [1.807, 2.05) is 13.0 Å². The van der Waals surface area contributed by atoms with E-state index in [9.17, 15) is 20.1 Å². The third-order valence-electron chi connectivity index (χ3n) is 6.76. The molecule has 11 nitrogen and oxygen atoms in total. The number of benzene rings is 2. The SMILES string of the molecule is Cc1ccc(C(=O)O[C@H]2[C@H](c3ccccc3)[N+]3=C(N)N[C@@H](CO)C4N=C(N)NC43C2(O)O)cc1. The van der Waals surface area contributed by atoms with Crippen LogP contribution in [0.25, 0.3) is 0 Å². The number of hydrogen-bond acceptors (Lipinski definition) is 10. The molecule has 0 radical (unpaired) electrons. The van der Waals surface area contributed by atoms with Crippen LogP contribution in [-0.2, 0) is 4.74 Å². The van der Waals surface area contributed by atoms with E-state index in [2.05, 4.69) is 15.6 Å². The number of nitrogens with two attached hydrogens (primary N) is 2. The van der Waals surface area contributed by atoms with E-state index in [1.165, 1.54) is 4.58 Å². The number of aryl methyl sites for hydroxylation is 1. The number of nitrogens with one attached hydrogen (secondary N) is 2. The number of esters is 1. The van der Waals surface area contributed by atoms with Crippen LogP contribution in [0.4, 0.5) is 0 Å². The van der Waals surface area contributed by atoms with E-state index < -0.39 is 48.3 Å². The van der Waals surface area contributed by atoms with Gasteiger partial charge in [0.25, 0.3) is 5.79 Å². The Hall–Kier alpha value is -3.67. The second-order valence-corrected chi connectivity index (χ2v) is 8.81. The van der Waals surface area contributed by atoms with Crippen molar-refractivity contribution in [3.63, 3.8) is 0 Å². The van der Waals surface area contributed by atoms with Crippen molar-refractivity contribution in [3.05, 3.63) is 71.3 Å². The number of carbonyl (C=O) groups is 1. The second kappa shape index (κ2) is 7.69. The van der Waals surface area contributed by atoms with Crippen LogP contribution in [0.5, 0.6) is 0 Å². The lowest BCUT2D eigenvalue weighted by Crippen LogP contribution is -2.78. The highest BCUT2D eigenvalue weighted by atomic mass is 16.6. The Morgan fingerprint density at radius 2 is 1.82 bits per heavy atom. The summed E-state index contributed by atoms with van der Waals surface area (Å²) in [5.41, 5.74) is 12.4. The predicted molar refractivity (Wildman–Crippen MR) is 121 cm³/mol. The van der Waals surface area contributed by atoms with Crippen LogP contribution in [0.2, 0.25) is 0 Å². The molecule has 5 rings (SSSR count). The summed E-state index contributed by atoms with van der Waals surface area (Å²) < 4.78 is 7.29. The Kier molecular flexibility index (Phi) is 5.01. The lowest BCUT2D eigenvalue weighted by atomic mass is 9.85. The summed E-state index contributed by atoms with van der Waals surface area (Å²) in [5, 5.41) is 39.2. The first-order valence-electron chi connectivity index (χ1n) is 10.9. The van der Waals surface area contributed by atoms with E-state index in [4.69, 9.17) is 16.2 Å². The van der Waals surface area contributed by atoms with Crippen LogP contribution in [0.3, 0.4) is 0 Å². The minimum absolute atomic E-state index is 0.0444. The molecule has 0 saturated carbocycles. The molecule has 2 aromatic carbocycles. The molecule has 1 spiro atoms. The number of carbonyl (C=O) groups excluding carboxylic acids is 1. The monoisotopic (exact) mass is 467 g/mol. The summed E-state index contributed by atoms with van der Waals surface area (Å²) in [6.45, 7) is 1.49. The first-order valence-corrected chi connectivity index (χ1v) is 10.9. The summed E-state index contributed by atoms with van der Waals surface area (Å²) in [6.07, 6.45) is -1.50. The van der Waals surface area contributed by atoms with Gasteiger partial charge in [0.15, 0.2) is 18.1 Å². The zero-order valence-corrected chi connectivity index (χ0v) is 18.4. The number of hydrogen-bond donors (Lipinski definition) is 7. The minimum Gasteiger partial charge on any atom is -0.449 e. The van der Waals surface area contributed by atoms with Crippen molar-refractivity contribution in [1.29, 1.82) is 0 Å². The fraction of sp³-hybridized carbons (Fsp3) is 0.348.